The van der Waals surface area contributed by atoms with Crippen LogP contribution in [0.5, 0.6) is 0 Å². The Balaban J connectivity index is 0.00000147. The molecule has 1 heterocycles. The van der Waals surface area contributed by atoms with Crippen LogP contribution in [0.1, 0.15) is 23.5 Å². The summed E-state index contributed by atoms with van der Waals surface area (Å²) in [7, 11) is 0. The van der Waals surface area contributed by atoms with Gasteiger partial charge in [-0.15, -0.1) is 12.4 Å². The second kappa shape index (κ2) is 6.78. The van der Waals surface area contributed by atoms with Crippen molar-refractivity contribution in [2.45, 2.75) is 18.9 Å². The molecule has 3 rings (SSSR count). The van der Waals surface area contributed by atoms with Crippen LogP contribution in [-0.4, -0.2) is 18.0 Å². The topological polar surface area (TPSA) is 29.3 Å². The van der Waals surface area contributed by atoms with Gasteiger partial charge in [0, 0.05) is 18.8 Å². The Bertz CT molecular complexity index is 542. The van der Waals surface area contributed by atoms with Gasteiger partial charge in [-0.2, -0.15) is 0 Å². The molecule has 1 unspecified atom stereocenters. The highest BCUT2D eigenvalue weighted by atomic mass is 35.5. The summed E-state index contributed by atoms with van der Waals surface area (Å²) in [6.07, 6.45) is 1.26. The average molecular weight is 289 g/mol. The van der Waals surface area contributed by atoms with Gasteiger partial charge in [0.1, 0.15) is 0 Å². The molecule has 0 radical (unpaired) electrons. The molecule has 2 aromatic rings. The zero-order valence-corrected chi connectivity index (χ0v) is 12.4. The van der Waals surface area contributed by atoms with Crippen LogP contribution in [0.25, 0.3) is 0 Å². The van der Waals surface area contributed by atoms with Crippen molar-refractivity contribution < 1.29 is 0 Å². The van der Waals surface area contributed by atoms with E-state index in [1.807, 2.05) is 12.1 Å². The van der Waals surface area contributed by atoms with Gasteiger partial charge in [-0.25, -0.2) is 0 Å². The van der Waals surface area contributed by atoms with Crippen LogP contribution < -0.4 is 5.73 Å². The molecule has 1 saturated heterocycles. The van der Waals surface area contributed by atoms with Crippen molar-refractivity contribution in [2.75, 3.05) is 18.8 Å². The van der Waals surface area contributed by atoms with E-state index in [0.717, 1.165) is 18.8 Å². The van der Waals surface area contributed by atoms with Crippen molar-refractivity contribution in [2.24, 2.45) is 0 Å². The second-order valence-electron chi connectivity index (χ2n) is 5.38. The normalized spacial score (nSPS) is 18.7. The molecule has 106 valence electrons. The average Bonchev–Trinajstić information content (AvgIpc) is 2.88. The fraction of sp³-hybridized carbons (Fsp3) is 0.294. The number of nitrogens with zero attached hydrogens (tertiary/aromatic N) is 1. The third-order valence-electron chi connectivity index (χ3n) is 3.90. The van der Waals surface area contributed by atoms with E-state index >= 15 is 0 Å². The Hall–Kier alpha value is -1.51. The summed E-state index contributed by atoms with van der Waals surface area (Å²) in [5.74, 6) is 0.683. The predicted molar refractivity (Wildman–Crippen MR) is 87.2 cm³/mol. The largest absolute Gasteiger partial charge is 0.399 e. The van der Waals surface area contributed by atoms with Gasteiger partial charge < -0.3 is 5.73 Å². The van der Waals surface area contributed by atoms with E-state index in [2.05, 4.69) is 47.4 Å². The molecular weight excluding hydrogens is 268 g/mol. The molecule has 1 aliphatic heterocycles. The Morgan fingerprint density at radius 3 is 2.60 bits per heavy atom. The zero-order valence-electron chi connectivity index (χ0n) is 11.5. The molecule has 0 amide bonds. The highest BCUT2D eigenvalue weighted by Gasteiger charge is 2.23. The number of anilines is 1. The molecule has 20 heavy (non-hydrogen) atoms. The van der Waals surface area contributed by atoms with Crippen LogP contribution in [-0.2, 0) is 6.54 Å². The fourth-order valence-electron chi connectivity index (χ4n) is 2.92. The first kappa shape index (κ1) is 14.9. The molecule has 0 aromatic heterocycles. The maximum atomic E-state index is 5.83. The Labute approximate surface area is 127 Å². The molecular formula is C17H21ClN2. The smallest absolute Gasteiger partial charge is 0.0317 e. The standard InChI is InChI=1S/C17H20N2.ClH/c18-17-8-4-5-14(11-17)12-19-10-9-16(13-19)15-6-2-1-3-7-15;/h1-8,11,16H,9-10,12-13,18H2;1H. The number of hydrogen-bond donors (Lipinski definition) is 1. The molecule has 1 fully saturated rings. The lowest BCUT2D eigenvalue weighted by Crippen LogP contribution is -2.19. The quantitative estimate of drug-likeness (QED) is 0.873. The molecule has 0 bridgehead atoms. The van der Waals surface area contributed by atoms with E-state index in [4.69, 9.17) is 5.73 Å². The van der Waals surface area contributed by atoms with E-state index in [9.17, 15) is 0 Å². The van der Waals surface area contributed by atoms with Gasteiger partial charge in [0.25, 0.3) is 0 Å². The van der Waals surface area contributed by atoms with Crippen LogP contribution in [0, 0.1) is 0 Å². The van der Waals surface area contributed by atoms with Gasteiger partial charge in [-0.3, -0.25) is 4.90 Å². The van der Waals surface area contributed by atoms with Crippen LogP contribution in [0.4, 0.5) is 5.69 Å². The van der Waals surface area contributed by atoms with Gasteiger partial charge in [0.05, 0.1) is 0 Å². The summed E-state index contributed by atoms with van der Waals surface area (Å²) in [6.45, 7) is 3.33. The van der Waals surface area contributed by atoms with Gasteiger partial charge in [0.15, 0.2) is 0 Å². The van der Waals surface area contributed by atoms with Gasteiger partial charge >= 0.3 is 0 Å². The van der Waals surface area contributed by atoms with E-state index in [-0.39, 0.29) is 12.4 Å². The SMILES string of the molecule is Cl.Nc1cccc(CN2CCC(c3ccccc3)C2)c1. The zero-order chi connectivity index (χ0) is 13.1. The Morgan fingerprint density at radius 2 is 1.85 bits per heavy atom. The maximum Gasteiger partial charge on any atom is 0.0317 e. The summed E-state index contributed by atoms with van der Waals surface area (Å²) in [4.78, 5) is 2.52. The molecule has 2 nitrogen and oxygen atoms in total. The lowest BCUT2D eigenvalue weighted by molar-refractivity contribution is 0.327. The Kier molecular flexibility index (Phi) is 5.05. The van der Waals surface area contributed by atoms with Crippen molar-refractivity contribution >= 4 is 18.1 Å². The minimum Gasteiger partial charge on any atom is -0.399 e. The number of rotatable bonds is 3. The van der Waals surface area contributed by atoms with Crippen LogP contribution in [0.15, 0.2) is 54.6 Å². The molecule has 1 aliphatic rings. The number of likely N-dealkylation sites (tertiary alicyclic amines) is 1. The highest BCUT2D eigenvalue weighted by molar-refractivity contribution is 5.85. The summed E-state index contributed by atoms with van der Waals surface area (Å²) in [6, 6.07) is 19.1. The van der Waals surface area contributed by atoms with Crippen molar-refractivity contribution in [1.82, 2.24) is 4.90 Å². The number of halogens is 1. The van der Waals surface area contributed by atoms with E-state index in [1.165, 1.54) is 24.1 Å². The van der Waals surface area contributed by atoms with Crippen LogP contribution in [0.3, 0.4) is 0 Å². The summed E-state index contributed by atoms with van der Waals surface area (Å²) < 4.78 is 0. The maximum absolute atomic E-state index is 5.83. The van der Waals surface area contributed by atoms with Crippen molar-refractivity contribution in [3.05, 3.63) is 65.7 Å². The summed E-state index contributed by atoms with van der Waals surface area (Å²) in [5, 5.41) is 0. The molecule has 1 atom stereocenters. The number of hydrogen-bond acceptors (Lipinski definition) is 2. The summed E-state index contributed by atoms with van der Waals surface area (Å²) >= 11 is 0. The van der Waals surface area contributed by atoms with Crippen LogP contribution >= 0.6 is 12.4 Å². The highest BCUT2D eigenvalue weighted by Crippen LogP contribution is 2.28. The molecule has 0 saturated carbocycles. The monoisotopic (exact) mass is 288 g/mol. The first-order valence-electron chi connectivity index (χ1n) is 6.93. The minimum absolute atomic E-state index is 0. The van der Waals surface area contributed by atoms with Crippen molar-refractivity contribution in [1.29, 1.82) is 0 Å². The van der Waals surface area contributed by atoms with Gasteiger partial charge in [-0.1, -0.05) is 42.5 Å². The van der Waals surface area contributed by atoms with Crippen molar-refractivity contribution in [3.8, 4) is 0 Å². The molecule has 0 aliphatic carbocycles. The lowest BCUT2D eigenvalue weighted by atomic mass is 9.99. The first-order chi connectivity index (χ1) is 9.31. The van der Waals surface area contributed by atoms with E-state index in [1.54, 1.807) is 0 Å². The number of nitrogens with two attached hydrogens (primary N) is 1. The minimum atomic E-state index is 0. The third-order valence-corrected chi connectivity index (χ3v) is 3.90. The molecule has 3 heteroatoms. The van der Waals surface area contributed by atoms with Crippen LogP contribution in [0.2, 0.25) is 0 Å². The summed E-state index contributed by atoms with van der Waals surface area (Å²) in [5.41, 5.74) is 9.47. The molecule has 0 spiro atoms. The van der Waals surface area contributed by atoms with E-state index in [0.29, 0.717) is 5.92 Å². The Morgan fingerprint density at radius 1 is 1.05 bits per heavy atom. The lowest BCUT2D eigenvalue weighted by Gasteiger charge is -2.16. The van der Waals surface area contributed by atoms with Gasteiger partial charge in [0.2, 0.25) is 0 Å². The molecule has 2 N–H and O–H groups in total. The third kappa shape index (κ3) is 3.53. The first-order valence-corrected chi connectivity index (χ1v) is 6.93. The van der Waals surface area contributed by atoms with Crippen molar-refractivity contribution in [3.63, 3.8) is 0 Å². The molecule has 2 aromatic carbocycles. The number of benzene rings is 2. The second-order valence-corrected chi connectivity index (χ2v) is 5.38. The van der Waals surface area contributed by atoms with Gasteiger partial charge in [-0.05, 0) is 42.1 Å². The van der Waals surface area contributed by atoms with E-state index < -0.39 is 0 Å². The number of nitrogen functional groups attached to an aromatic ring is 1. The fourth-order valence-corrected chi connectivity index (χ4v) is 2.92. The predicted octanol–water partition coefficient (Wildman–Crippen LogP) is 3.68.